The number of rotatable bonds is 5. The Morgan fingerprint density at radius 3 is 3.00 bits per heavy atom. The molecule has 0 spiro atoms. The molecule has 1 aromatic heterocycles. The molecule has 0 radical (unpaired) electrons. The minimum absolute atomic E-state index is 0.291. The first-order chi connectivity index (χ1) is 9.22. The van der Waals surface area contributed by atoms with E-state index in [0.29, 0.717) is 17.9 Å². The van der Waals surface area contributed by atoms with E-state index in [2.05, 4.69) is 38.1 Å². The summed E-state index contributed by atoms with van der Waals surface area (Å²) in [5.74, 6) is 2.09. The molecule has 0 aliphatic heterocycles. The SMILES string of the molecule is CCNc1ncc(Br)c(OC2CCCC(CC)C2)n1. The highest BCUT2D eigenvalue weighted by Crippen LogP contribution is 2.31. The van der Waals surface area contributed by atoms with Crippen LogP contribution in [-0.2, 0) is 0 Å². The average molecular weight is 328 g/mol. The van der Waals surface area contributed by atoms with Gasteiger partial charge in [0.25, 0.3) is 0 Å². The smallest absolute Gasteiger partial charge is 0.233 e. The van der Waals surface area contributed by atoms with Crippen molar-refractivity contribution >= 4 is 21.9 Å². The van der Waals surface area contributed by atoms with Crippen LogP contribution in [0.5, 0.6) is 5.88 Å². The molecule has 19 heavy (non-hydrogen) atoms. The fourth-order valence-electron chi connectivity index (χ4n) is 2.55. The lowest BCUT2D eigenvalue weighted by Crippen LogP contribution is -2.25. The molecule has 1 aromatic rings. The third-order valence-corrected chi connectivity index (χ3v) is 4.18. The molecule has 1 aliphatic carbocycles. The maximum absolute atomic E-state index is 6.07. The molecule has 5 heteroatoms. The van der Waals surface area contributed by atoms with Crippen LogP contribution in [0.4, 0.5) is 5.95 Å². The third-order valence-electron chi connectivity index (χ3n) is 3.64. The molecular weight excluding hydrogens is 306 g/mol. The Morgan fingerprint density at radius 1 is 1.42 bits per heavy atom. The van der Waals surface area contributed by atoms with Crippen LogP contribution in [0.3, 0.4) is 0 Å². The van der Waals surface area contributed by atoms with Crippen molar-refractivity contribution < 1.29 is 4.74 Å². The second-order valence-electron chi connectivity index (χ2n) is 5.06. The molecule has 1 N–H and O–H groups in total. The molecule has 0 saturated heterocycles. The van der Waals surface area contributed by atoms with Crippen molar-refractivity contribution in [2.24, 2.45) is 5.92 Å². The van der Waals surface area contributed by atoms with Crippen molar-refractivity contribution in [3.05, 3.63) is 10.7 Å². The number of ether oxygens (including phenoxy) is 1. The number of hydrogen-bond acceptors (Lipinski definition) is 4. The highest BCUT2D eigenvalue weighted by Gasteiger charge is 2.23. The number of hydrogen-bond donors (Lipinski definition) is 1. The Balaban J connectivity index is 2.03. The van der Waals surface area contributed by atoms with Gasteiger partial charge in [0.15, 0.2) is 0 Å². The second-order valence-corrected chi connectivity index (χ2v) is 5.91. The summed E-state index contributed by atoms with van der Waals surface area (Å²) in [4.78, 5) is 8.62. The molecular formula is C14H22BrN3O. The lowest BCUT2D eigenvalue weighted by molar-refractivity contribution is 0.116. The molecule has 4 nitrogen and oxygen atoms in total. The van der Waals surface area contributed by atoms with Gasteiger partial charge < -0.3 is 10.1 Å². The van der Waals surface area contributed by atoms with Crippen molar-refractivity contribution in [2.45, 2.75) is 52.1 Å². The van der Waals surface area contributed by atoms with Gasteiger partial charge >= 0.3 is 0 Å². The van der Waals surface area contributed by atoms with Gasteiger partial charge in [-0.3, -0.25) is 0 Å². The first-order valence-electron chi connectivity index (χ1n) is 7.16. The second kappa shape index (κ2) is 7.08. The van der Waals surface area contributed by atoms with E-state index in [9.17, 15) is 0 Å². The molecule has 2 atom stereocenters. The van der Waals surface area contributed by atoms with Gasteiger partial charge in [0, 0.05) is 6.54 Å². The average Bonchev–Trinajstić information content (AvgIpc) is 2.43. The van der Waals surface area contributed by atoms with Gasteiger partial charge in [-0.25, -0.2) is 4.98 Å². The van der Waals surface area contributed by atoms with E-state index in [-0.39, 0.29) is 0 Å². The van der Waals surface area contributed by atoms with E-state index in [1.54, 1.807) is 6.20 Å². The zero-order valence-electron chi connectivity index (χ0n) is 11.7. The molecule has 2 unspecified atom stereocenters. The van der Waals surface area contributed by atoms with E-state index >= 15 is 0 Å². The summed E-state index contributed by atoms with van der Waals surface area (Å²) < 4.78 is 6.89. The number of halogens is 1. The maximum Gasteiger partial charge on any atom is 0.233 e. The lowest BCUT2D eigenvalue weighted by Gasteiger charge is -2.28. The molecule has 1 saturated carbocycles. The van der Waals surface area contributed by atoms with Crippen molar-refractivity contribution in [1.82, 2.24) is 9.97 Å². The predicted octanol–water partition coefficient (Wildman–Crippen LogP) is 4.02. The Labute approximate surface area is 123 Å². The van der Waals surface area contributed by atoms with Crippen LogP contribution in [0.25, 0.3) is 0 Å². The topological polar surface area (TPSA) is 47.0 Å². The molecule has 106 valence electrons. The van der Waals surface area contributed by atoms with Crippen molar-refractivity contribution in [3.8, 4) is 5.88 Å². The fourth-order valence-corrected chi connectivity index (χ4v) is 2.84. The summed E-state index contributed by atoms with van der Waals surface area (Å²) in [6.45, 7) is 5.10. The van der Waals surface area contributed by atoms with E-state index in [0.717, 1.165) is 29.8 Å². The van der Waals surface area contributed by atoms with E-state index in [1.165, 1.54) is 19.3 Å². The molecule has 2 rings (SSSR count). The minimum Gasteiger partial charge on any atom is -0.473 e. The molecule has 0 bridgehead atoms. The van der Waals surface area contributed by atoms with Crippen LogP contribution in [0.1, 0.15) is 46.0 Å². The van der Waals surface area contributed by atoms with E-state index in [1.807, 2.05) is 6.92 Å². The summed E-state index contributed by atoms with van der Waals surface area (Å²) in [7, 11) is 0. The van der Waals surface area contributed by atoms with Crippen LogP contribution < -0.4 is 10.1 Å². The highest BCUT2D eigenvalue weighted by molar-refractivity contribution is 9.10. The largest absolute Gasteiger partial charge is 0.473 e. The number of nitrogens with zero attached hydrogens (tertiary/aromatic N) is 2. The Hall–Kier alpha value is -0.840. The molecule has 1 heterocycles. The monoisotopic (exact) mass is 327 g/mol. The standard InChI is InChI=1S/C14H22BrN3O/c1-3-10-6-5-7-11(8-10)19-13-12(15)9-17-14(18-13)16-4-2/h9-11H,3-8H2,1-2H3,(H,16,17,18). The molecule has 0 amide bonds. The van der Waals surface area contributed by atoms with Gasteiger partial charge in [-0.15, -0.1) is 0 Å². The summed E-state index contributed by atoms with van der Waals surface area (Å²) in [6, 6.07) is 0. The van der Waals surface area contributed by atoms with Crippen LogP contribution >= 0.6 is 15.9 Å². The predicted molar refractivity (Wildman–Crippen MR) is 80.6 cm³/mol. The van der Waals surface area contributed by atoms with Gasteiger partial charge in [-0.1, -0.05) is 19.8 Å². The van der Waals surface area contributed by atoms with Gasteiger partial charge in [-0.2, -0.15) is 4.98 Å². The number of nitrogens with one attached hydrogen (secondary N) is 1. The van der Waals surface area contributed by atoms with Gasteiger partial charge in [0.2, 0.25) is 11.8 Å². The van der Waals surface area contributed by atoms with Crippen LogP contribution in [0, 0.1) is 5.92 Å². The summed E-state index contributed by atoms with van der Waals surface area (Å²) >= 11 is 3.46. The quantitative estimate of drug-likeness (QED) is 0.887. The summed E-state index contributed by atoms with van der Waals surface area (Å²) in [5.41, 5.74) is 0. The number of aromatic nitrogens is 2. The van der Waals surface area contributed by atoms with Gasteiger partial charge in [-0.05, 0) is 48.0 Å². The zero-order valence-corrected chi connectivity index (χ0v) is 13.2. The maximum atomic E-state index is 6.07. The molecule has 1 aliphatic rings. The molecule has 0 aromatic carbocycles. The third kappa shape index (κ3) is 4.06. The van der Waals surface area contributed by atoms with Crippen LogP contribution in [0.15, 0.2) is 10.7 Å². The van der Waals surface area contributed by atoms with Crippen molar-refractivity contribution in [1.29, 1.82) is 0 Å². The first-order valence-corrected chi connectivity index (χ1v) is 7.95. The van der Waals surface area contributed by atoms with Gasteiger partial charge in [0.05, 0.1) is 10.7 Å². The van der Waals surface area contributed by atoms with E-state index in [4.69, 9.17) is 4.74 Å². The Morgan fingerprint density at radius 2 is 2.26 bits per heavy atom. The van der Waals surface area contributed by atoms with Crippen LogP contribution in [0.2, 0.25) is 0 Å². The van der Waals surface area contributed by atoms with Crippen molar-refractivity contribution in [3.63, 3.8) is 0 Å². The Kier molecular flexibility index (Phi) is 5.43. The van der Waals surface area contributed by atoms with Crippen molar-refractivity contribution in [2.75, 3.05) is 11.9 Å². The molecule has 1 fully saturated rings. The van der Waals surface area contributed by atoms with Crippen LogP contribution in [-0.4, -0.2) is 22.6 Å². The highest BCUT2D eigenvalue weighted by atomic mass is 79.9. The lowest BCUT2D eigenvalue weighted by atomic mass is 9.85. The Bertz CT molecular complexity index is 414. The zero-order chi connectivity index (χ0) is 13.7. The summed E-state index contributed by atoms with van der Waals surface area (Å²) in [6.07, 6.45) is 8.15. The number of anilines is 1. The van der Waals surface area contributed by atoms with E-state index < -0.39 is 0 Å². The van der Waals surface area contributed by atoms with Gasteiger partial charge in [0.1, 0.15) is 6.10 Å². The minimum atomic E-state index is 0.291. The first kappa shape index (κ1) is 14.6. The summed E-state index contributed by atoms with van der Waals surface area (Å²) in [5, 5.41) is 3.11. The normalized spacial score (nSPS) is 23.1. The fraction of sp³-hybridized carbons (Fsp3) is 0.714.